The van der Waals surface area contributed by atoms with Crippen molar-refractivity contribution in [1.29, 1.82) is 5.26 Å². The minimum atomic E-state index is -0.173. The Kier molecular flexibility index (Phi) is 5.67. The van der Waals surface area contributed by atoms with Crippen LogP contribution < -0.4 is 5.32 Å². The van der Waals surface area contributed by atoms with E-state index in [4.69, 9.17) is 11.6 Å². The number of aromatic nitrogens is 2. The van der Waals surface area contributed by atoms with Crippen molar-refractivity contribution >= 4 is 23.3 Å². The van der Waals surface area contributed by atoms with Crippen LogP contribution in [0.15, 0.2) is 60.8 Å². The molecule has 1 aromatic heterocycles. The van der Waals surface area contributed by atoms with E-state index in [-0.39, 0.29) is 11.7 Å². The lowest BCUT2D eigenvalue weighted by atomic mass is 10.1. The third kappa shape index (κ3) is 4.50. The maximum Gasteiger partial charge on any atom is 0.225 e. The summed E-state index contributed by atoms with van der Waals surface area (Å²) in [6.45, 7) is 0.425. The van der Waals surface area contributed by atoms with Gasteiger partial charge in [-0.25, -0.2) is 0 Å². The summed E-state index contributed by atoms with van der Waals surface area (Å²) < 4.78 is 1.60. The Morgan fingerprint density at radius 2 is 1.88 bits per heavy atom. The van der Waals surface area contributed by atoms with Crippen molar-refractivity contribution in [3.8, 4) is 6.07 Å². The lowest BCUT2D eigenvalue weighted by Crippen LogP contribution is -2.14. The fourth-order valence-electron chi connectivity index (χ4n) is 2.57. The first-order valence-corrected chi connectivity index (χ1v) is 8.58. The summed E-state index contributed by atoms with van der Waals surface area (Å²) in [5.74, 6) is 0.103. The lowest BCUT2D eigenvalue weighted by molar-refractivity contribution is -0.116. The van der Waals surface area contributed by atoms with Gasteiger partial charge in [0.2, 0.25) is 5.91 Å². The molecule has 0 bridgehead atoms. The Morgan fingerprint density at radius 3 is 2.62 bits per heavy atom. The van der Waals surface area contributed by atoms with Crippen molar-refractivity contribution in [1.82, 2.24) is 9.78 Å². The molecule has 0 spiro atoms. The number of anilines is 1. The summed E-state index contributed by atoms with van der Waals surface area (Å²) >= 11 is 6.16. The van der Waals surface area contributed by atoms with E-state index in [0.29, 0.717) is 30.0 Å². The van der Waals surface area contributed by atoms with Gasteiger partial charge in [0.15, 0.2) is 5.82 Å². The molecule has 5 nitrogen and oxygen atoms in total. The van der Waals surface area contributed by atoms with Gasteiger partial charge in [-0.3, -0.25) is 9.48 Å². The van der Waals surface area contributed by atoms with Gasteiger partial charge < -0.3 is 5.32 Å². The molecule has 0 saturated heterocycles. The van der Waals surface area contributed by atoms with Crippen LogP contribution >= 0.6 is 11.6 Å². The summed E-state index contributed by atoms with van der Waals surface area (Å²) in [6.07, 6.45) is 2.57. The molecule has 2 aromatic carbocycles. The molecule has 0 radical (unpaired) electrons. The van der Waals surface area contributed by atoms with E-state index < -0.39 is 0 Å². The molecule has 6 heteroatoms. The fourth-order valence-corrected chi connectivity index (χ4v) is 2.77. The van der Waals surface area contributed by atoms with Gasteiger partial charge in [0.1, 0.15) is 11.6 Å². The highest BCUT2D eigenvalue weighted by atomic mass is 35.5. The Balaban J connectivity index is 1.66. The molecule has 0 aliphatic carbocycles. The third-order valence-electron chi connectivity index (χ3n) is 3.91. The van der Waals surface area contributed by atoms with Gasteiger partial charge in [-0.1, -0.05) is 60.1 Å². The zero-order valence-electron chi connectivity index (χ0n) is 14.0. The average molecular weight is 365 g/mol. The van der Waals surface area contributed by atoms with E-state index in [1.165, 1.54) is 0 Å². The monoisotopic (exact) mass is 364 g/mol. The quantitative estimate of drug-likeness (QED) is 0.717. The topological polar surface area (TPSA) is 70.7 Å². The zero-order chi connectivity index (χ0) is 18.4. The Labute approximate surface area is 156 Å². The number of carbonyl (C=O) groups is 1. The number of benzene rings is 2. The van der Waals surface area contributed by atoms with Crippen LogP contribution in [0, 0.1) is 11.3 Å². The van der Waals surface area contributed by atoms with Crippen molar-refractivity contribution in [2.75, 3.05) is 5.32 Å². The number of hydrogen-bond acceptors (Lipinski definition) is 3. The molecular formula is C20H17ClN4O. The molecule has 0 aliphatic heterocycles. The van der Waals surface area contributed by atoms with E-state index in [9.17, 15) is 10.1 Å². The number of hydrogen-bond donors (Lipinski definition) is 1. The largest absolute Gasteiger partial charge is 0.308 e. The van der Waals surface area contributed by atoms with Gasteiger partial charge in [0.25, 0.3) is 0 Å². The number of carbonyl (C=O) groups excluding carboxylic acids is 1. The molecule has 0 aliphatic rings. The van der Waals surface area contributed by atoms with E-state index in [0.717, 1.165) is 11.1 Å². The van der Waals surface area contributed by atoms with Gasteiger partial charge in [0.05, 0.1) is 6.54 Å². The molecule has 0 fully saturated rings. The van der Waals surface area contributed by atoms with Crippen LogP contribution in [0.2, 0.25) is 5.02 Å². The van der Waals surface area contributed by atoms with Crippen LogP contribution in [0.25, 0.3) is 0 Å². The summed E-state index contributed by atoms with van der Waals surface area (Å²) in [7, 11) is 0. The Hall–Kier alpha value is -3.10. The second-order valence-electron chi connectivity index (χ2n) is 5.83. The highest BCUT2D eigenvalue weighted by Crippen LogP contribution is 2.18. The maximum atomic E-state index is 12.2. The Morgan fingerprint density at radius 1 is 1.15 bits per heavy atom. The number of nitrogens with one attached hydrogen (secondary N) is 1. The average Bonchev–Trinajstić information content (AvgIpc) is 3.04. The van der Waals surface area contributed by atoms with Crippen LogP contribution in [0.1, 0.15) is 23.1 Å². The molecule has 26 heavy (non-hydrogen) atoms. The van der Waals surface area contributed by atoms with Gasteiger partial charge in [-0.2, -0.15) is 10.4 Å². The minimum absolute atomic E-state index is 0.173. The number of rotatable bonds is 6. The van der Waals surface area contributed by atoms with E-state index in [1.54, 1.807) is 16.9 Å². The minimum Gasteiger partial charge on any atom is -0.308 e. The van der Waals surface area contributed by atoms with Crippen molar-refractivity contribution < 1.29 is 4.79 Å². The maximum absolute atomic E-state index is 12.2. The summed E-state index contributed by atoms with van der Waals surface area (Å²) in [5, 5.41) is 17.0. The van der Waals surface area contributed by atoms with Crippen LogP contribution in [0.5, 0.6) is 0 Å². The van der Waals surface area contributed by atoms with Crippen molar-refractivity contribution in [2.24, 2.45) is 0 Å². The third-order valence-corrected chi connectivity index (χ3v) is 4.28. The second-order valence-corrected chi connectivity index (χ2v) is 6.23. The highest BCUT2D eigenvalue weighted by Gasteiger charge is 2.13. The number of nitriles is 1. The fraction of sp³-hybridized carbons (Fsp3) is 0.150. The van der Waals surface area contributed by atoms with Gasteiger partial charge in [-0.05, 0) is 23.6 Å². The predicted octanol–water partition coefficient (Wildman–Crippen LogP) is 4.03. The smallest absolute Gasteiger partial charge is 0.225 e. The number of amides is 1. The summed E-state index contributed by atoms with van der Waals surface area (Å²) in [4.78, 5) is 12.2. The standard InChI is InChI=1S/C20H17ClN4O/c21-18-9-5-4-8-16(18)13-25-14-17(12-22)20(24-25)23-19(26)11-10-15-6-2-1-3-7-15/h1-9,14H,10-11,13H2,(H,23,24,26). The first-order valence-electron chi connectivity index (χ1n) is 8.20. The van der Waals surface area contributed by atoms with Crippen molar-refractivity contribution in [2.45, 2.75) is 19.4 Å². The molecule has 130 valence electrons. The van der Waals surface area contributed by atoms with Crippen LogP contribution in [0.3, 0.4) is 0 Å². The zero-order valence-corrected chi connectivity index (χ0v) is 14.8. The molecule has 0 saturated carbocycles. The van der Waals surface area contributed by atoms with E-state index in [1.807, 2.05) is 48.5 Å². The summed E-state index contributed by atoms with van der Waals surface area (Å²) in [6, 6.07) is 19.3. The lowest BCUT2D eigenvalue weighted by Gasteiger charge is -2.05. The normalized spacial score (nSPS) is 10.3. The van der Waals surface area contributed by atoms with E-state index in [2.05, 4.69) is 16.5 Å². The van der Waals surface area contributed by atoms with Crippen LogP contribution in [0.4, 0.5) is 5.82 Å². The second kappa shape index (κ2) is 8.32. The SMILES string of the molecule is N#Cc1cn(Cc2ccccc2Cl)nc1NC(=O)CCc1ccccc1. The highest BCUT2D eigenvalue weighted by molar-refractivity contribution is 6.31. The van der Waals surface area contributed by atoms with Crippen molar-refractivity contribution in [3.63, 3.8) is 0 Å². The molecule has 0 unspecified atom stereocenters. The molecule has 3 rings (SSSR count). The molecular weight excluding hydrogens is 348 g/mol. The molecule has 1 N–H and O–H groups in total. The summed E-state index contributed by atoms with van der Waals surface area (Å²) in [5.41, 5.74) is 2.31. The van der Waals surface area contributed by atoms with Gasteiger partial charge >= 0.3 is 0 Å². The van der Waals surface area contributed by atoms with Gasteiger partial charge in [-0.15, -0.1) is 0 Å². The predicted molar refractivity (Wildman–Crippen MR) is 101 cm³/mol. The van der Waals surface area contributed by atoms with E-state index >= 15 is 0 Å². The molecule has 1 heterocycles. The Bertz CT molecular complexity index is 944. The van der Waals surface area contributed by atoms with Crippen LogP contribution in [-0.2, 0) is 17.8 Å². The number of nitrogens with zero attached hydrogens (tertiary/aromatic N) is 3. The first-order chi connectivity index (χ1) is 12.7. The van der Waals surface area contributed by atoms with Gasteiger partial charge in [0, 0.05) is 17.6 Å². The molecule has 0 atom stereocenters. The molecule has 1 amide bonds. The number of aryl methyl sites for hydroxylation is 1. The number of halogens is 1. The molecule has 3 aromatic rings. The first kappa shape index (κ1) is 17.7. The van der Waals surface area contributed by atoms with Crippen LogP contribution in [-0.4, -0.2) is 15.7 Å². The van der Waals surface area contributed by atoms with Crippen molar-refractivity contribution in [3.05, 3.63) is 82.5 Å².